The number of ketones is 1. The minimum atomic E-state index is -1.49. The lowest BCUT2D eigenvalue weighted by Gasteiger charge is -2.09. The van der Waals surface area contributed by atoms with Gasteiger partial charge in [-0.1, -0.05) is 4.98 Å². The summed E-state index contributed by atoms with van der Waals surface area (Å²) in [4.78, 5) is 24.9. The smallest absolute Gasteiger partial charge is 0.394 e. The summed E-state index contributed by atoms with van der Waals surface area (Å²) in [5.41, 5.74) is 0. The van der Waals surface area contributed by atoms with E-state index in [4.69, 9.17) is 9.84 Å². The SMILES string of the molecule is O=C1[C@H](n2ccnc2[N+](=O)[O-])OC(CO)[C@H]1O. The lowest BCUT2D eigenvalue weighted by atomic mass is 10.2. The van der Waals surface area contributed by atoms with Crippen LogP contribution in [0.25, 0.3) is 0 Å². The van der Waals surface area contributed by atoms with Crippen LogP contribution in [0.1, 0.15) is 6.23 Å². The number of nitro groups is 1. The van der Waals surface area contributed by atoms with Gasteiger partial charge in [-0.3, -0.25) is 4.79 Å². The van der Waals surface area contributed by atoms with Crippen LogP contribution < -0.4 is 0 Å². The number of ether oxygens (including phenoxy) is 1. The Labute approximate surface area is 94.4 Å². The molecule has 9 heteroatoms. The molecule has 9 nitrogen and oxygen atoms in total. The molecule has 2 heterocycles. The van der Waals surface area contributed by atoms with Gasteiger partial charge in [-0.2, -0.15) is 4.57 Å². The molecule has 1 fully saturated rings. The van der Waals surface area contributed by atoms with Gasteiger partial charge in [0.15, 0.2) is 0 Å². The van der Waals surface area contributed by atoms with Crippen molar-refractivity contribution >= 4 is 11.7 Å². The van der Waals surface area contributed by atoms with Crippen LogP contribution in [-0.2, 0) is 9.53 Å². The van der Waals surface area contributed by atoms with E-state index in [0.29, 0.717) is 0 Å². The third-order valence-corrected chi connectivity index (χ3v) is 2.43. The average Bonchev–Trinajstić information content (AvgIpc) is 2.86. The van der Waals surface area contributed by atoms with E-state index in [2.05, 4.69) is 4.98 Å². The molecule has 1 aliphatic heterocycles. The average molecular weight is 243 g/mol. The van der Waals surface area contributed by atoms with Crippen molar-refractivity contribution in [2.45, 2.75) is 18.4 Å². The number of hydrogen-bond acceptors (Lipinski definition) is 7. The Morgan fingerprint density at radius 1 is 1.65 bits per heavy atom. The van der Waals surface area contributed by atoms with Crippen LogP contribution >= 0.6 is 0 Å². The lowest BCUT2D eigenvalue weighted by molar-refractivity contribution is -0.398. The van der Waals surface area contributed by atoms with Gasteiger partial charge in [0.05, 0.1) is 6.61 Å². The molecule has 1 unspecified atom stereocenters. The first kappa shape index (κ1) is 11.6. The van der Waals surface area contributed by atoms with Crippen LogP contribution in [-0.4, -0.2) is 49.3 Å². The fourth-order valence-electron chi connectivity index (χ4n) is 1.61. The van der Waals surface area contributed by atoms with E-state index in [0.717, 1.165) is 10.8 Å². The number of carbonyl (C=O) groups excluding carboxylic acids is 1. The number of nitrogens with zero attached hydrogens (tertiary/aromatic N) is 3. The second-order valence-corrected chi connectivity index (χ2v) is 3.45. The Balaban J connectivity index is 2.32. The number of rotatable bonds is 3. The van der Waals surface area contributed by atoms with E-state index in [-0.39, 0.29) is 0 Å². The predicted molar refractivity (Wildman–Crippen MR) is 50.9 cm³/mol. The second-order valence-electron chi connectivity index (χ2n) is 3.45. The van der Waals surface area contributed by atoms with Gasteiger partial charge in [0.1, 0.15) is 24.6 Å². The summed E-state index contributed by atoms with van der Waals surface area (Å²) >= 11 is 0. The highest BCUT2D eigenvalue weighted by molar-refractivity contribution is 5.88. The number of hydrogen-bond donors (Lipinski definition) is 2. The molecule has 2 N–H and O–H groups in total. The second kappa shape index (κ2) is 4.20. The highest BCUT2D eigenvalue weighted by atomic mass is 16.6. The Kier molecular flexibility index (Phi) is 2.88. The molecule has 1 saturated heterocycles. The van der Waals surface area contributed by atoms with Crippen LogP contribution in [0.2, 0.25) is 0 Å². The van der Waals surface area contributed by atoms with Gasteiger partial charge in [-0.05, 0) is 4.92 Å². The van der Waals surface area contributed by atoms with Crippen LogP contribution in [0.4, 0.5) is 5.95 Å². The fraction of sp³-hybridized carbons (Fsp3) is 0.500. The number of carbonyl (C=O) groups is 1. The van der Waals surface area contributed by atoms with Crippen molar-refractivity contribution in [2.75, 3.05) is 6.61 Å². The zero-order chi connectivity index (χ0) is 12.6. The molecule has 0 spiro atoms. The van der Waals surface area contributed by atoms with E-state index in [1.165, 1.54) is 6.20 Å². The molecule has 0 aromatic carbocycles. The summed E-state index contributed by atoms with van der Waals surface area (Å²) in [6, 6.07) is 0. The molecular weight excluding hydrogens is 234 g/mol. The molecule has 1 aliphatic rings. The number of aromatic nitrogens is 2. The predicted octanol–water partition coefficient (Wildman–Crippen LogP) is -1.39. The maximum absolute atomic E-state index is 11.6. The van der Waals surface area contributed by atoms with Gasteiger partial charge < -0.3 is 25.1 Å². The lowest BCUT2D eigenvalue weighted by Crippen LogP contribution is -2.29. The molecule has 3 atom stereocenters. The summed E-state index contributed by atoms with van der Waals surface area (Å²) in [7, 11) is 0. The zero-order valence-electron chi connectivity index (χ0n) is 8.46. The summed E-state index contributed by atoms with van der Waals surface area (Å²) in [6.07, 6.45) is -1.55. The van der Waals surface area contributed by atoms with Gasteiger partial charge in [-0.15, -0.1) is 0 Å². The summed E-state index contributed by atoms with van der Waals surface area (Å²) in [5, 5.41) is 28.9. The standard InChI is InChI=1S/C8H9N3O6/c12-3-4-5(13)6(14)7(17-4)10-2-1-9-8(10)11(15)16/h1-2,4-5,7,12-13H,3H2/t4?,5-,7-/m1/s1. The summed E-state index contributed by atoms with van der Waals surface area (Å²) in [5.74, 6) is -1.31. The third kappa shape index (κ3) is 1.79. The first-order valence-electron chi connectivity index (χ1n) is 4.71. The Morgan fingerprint density at radius 2 is 2.35 bits per heavy atom. The molecule has 17 heavy (non-hydrogen) atoms. The first-order chi connectivity index (χ1) is 8.06. The molecule has 0 amide bonds. The van der Waals surface area contributed by atoms with E-state index in [1.54, 1.807) is 0 Å². The fourth-order valence-corrected chi connectivity index (χ4v) is 1.61. The molecular formula is C8H9N3O6. The van der Waals surface area contributed by atoms with E-state index in [9.17, 15) is 20.0 Å². The van der Waals surface area contributed by atoms with Gasteiger partial charge in [0.25, 0.3) is 0 Å². The molecule has 0 aliphatic carbocycles. The molecule has 1 aromatic rings. The quantitative estimate of drug-likeness (QED) is 0.494. The van der Waals surface area contributed by atoms with Crippen LogP contribution in [0, 0.1) is 10.1 Å². The molecule has 1 aromatic heterocycles. The van der Waals surface area contributed by atoms with Crippen LogP contribution in [0.3, 0.4) is 0 Å². The Hall–Kier alpha value is -1.84. The highest BCUT2D eigenvalue weighted by Crippen LogP contribution is 2.28. The number of Topliss-reactive ketones (excluding diaryl/α,β-unsaturated/α-hetero) is 1. The van der Waals surface area contributed by atoms with E-state index >= 15 is 0 Å². The Bertz CT molecular complexity index is 458. The van der Waals surface area contributed by atoms with Crippen molar-refractivity contribution in [1.82, 2.24) is 9.55 Å². The van der Waals surface area contributed by atoms with Gasteiger partial charge in [0, 0.05) is 0 Å². The first-order valence-corrected chi connectivity index (χ1v) is 4.71. The van der Waals surface area contributed by atoms with Crippen molar-refractivity contribution < 1.29 is 24.7 Å². The van der Waals surface area contributed by atoms with Crippen molar-refractivity contribution in [3.63, 3.8) is 0 Å². The minimum absolute atomic E-state index is 0.550. The van der Waals surface area contributed by atoms with Gasteiger partial charge in [-0.25, -0.2) is 0 Å². The largest absolute Gasteiger partial charge is 0.437 e. The third-order valence-electron chi connectivity index (χ3n) is 2.43. The van der Waals surface area contributed by atoms with Crippen molar-refractivity contribution in [3.05, 3.63) is 22.5 Å². The van der Waals surface area contributed by atoms with Gasteiger partial charge >= 0.3 is 5.95 Å². The molecule has 2 rings (SSSR count). The topological polar surface area (TPSA) is 128 Å². The highest BCUT2D eigenvalue weighted by Gasteiger charge is 2.46. The van der Waals surface area contributed by atoms with E-state index in [1.807, 2.05) is 0 Å². The number of imidazole rings is 1. The van der Waals surface area contributed by atoms with Crippen molar-refractivity contribution in [2.24, 2.45) is 0 Å². The maximum Gasteiger partial charge on any atom is 0.437 e. The van der Waals surface area contributed by atoms with Crippen LogP contribution in [0.5, 0.6) is 0 Å². The molecule has 0 radical (unpaired) electrons. The minimum Gasteiger partial charge on any atom is -0.394 e. The molecule has 0 saturated carbocycles. The van der Waals surface area contributed by atoms with Crippen molar-refractivity contribution in [3.8, 4) is 0 Å². The van der Waals surface area contributed by atoms with Crippen LogP contribution in [0.15, 0.2) is 12.4 Å². The van der Waals surface area contributed by atoms with Crippen molar-refractivity contribution in [1.29, 1.82) is 0 Å². The number of aliphatic hydroxyl groups excluding tert-OH is 2. The number of aliphatic hydroxyl groups is 2. The molecule has 92 valence electrons. The summed E-state index contributed by atoms with van der Waals surface area (Å²) < 4.78 is 5.94. The molecule has 0 bridgehead atoms. The van der Waals surface area contributed by atoms with Gasteiger partial charge in [0.2, 0.25) is 12.0 Å². The zero-order valence-corrected chi connectivity index (χ0v) is 8.46. The van der Waals surface area contributed by atoms with E-state index < -0.39 is 41.7 Å². The Morgan fingerprint density at radius 3 is 2.88 bits per heavy atom. The maximum atomic E-state index is 11.6. The normalized spacial score (nSPS) is 28.6. The monoisotopic (exact) mass is 243 g/mol. The summed E-state index contributed by atoms with van der Waals surface area (Å²) in [6.45, 7) is -0.550.